The minimum absolute atomic E-state index is 0.167. The van der Waals surface area contributed by atoms with Crippen LogP contribution in [0.2, 0.25) is 0 Å². The molecule has 1 aliphatic heterocycles. The average molecular weight is 482 g/mol. The van der Waals surface area contributed by atoms with Crippen molar-refractivity contribution in [3.63, 3.8) is 0 Å². The number of methoxy groups -OCH3 is 1. The lowest BCUT2D eigenvalue weighted by molar-refractivity contribution is 0.0437. The Morgan fingerprint density at radius 3 is 2.82 bits per heavy atom. The highest BCUT2D eigenvalue weighted by Crippen LogP contribution is 2.49. The first kappa shape index (κ1) is 19.8. The molecule has 1 aromatic rings. The Kier molecular flexibility index (Phi) is 5.04. The zero-order valence-electron chi connectivity index (χ0n) is 15.4. The quantitative estimate of drug-likeness (QED) is 0.700. The molecule has 0 amide bonds. The van der Waals surface area contributed by atoms with E-state index in [4.69, 9.17) is 14.6 Å². The lowest BCUT2D eigenvalue weighted by Gasteiger charge is -2.39. The second-order valence-corrected chi connectivity index (χ2v) is 11.4. The number of hydrogen-bond acceptors (Lipinski definition) is 5. The summed E-state index contributed by atoms with van der Waals surface area (Å²) in [5.41, 5.74) is 2.19. The van der Waals surface area contributed by atoms with Gasteiger partial charge in [0.25, 0.3) is 0 Å². The van der Waals surface area contributed by atoms with Crippen molar-refractivity contribution in [3.05, 3.63) is 79.7 Å². The van der Waals surface area contributed by atoms with Crippen LogP contribution in [0.1, 0.15) is 17.9 Å². The van der Waals surface area contributed by atoms with Crippen LogP contribution >= 0.6 is 27.3 Å². The van der Waals surface area contributed by atoms with E-state index in [0.29, 0.717) is 0 Å². The third-order valence-electron chi connectivity index (χ3n) is 4.95. The van der Waals surface area contributed by atoms with Crippen molar-refractivity contribution in [2.24, 2.45) is 10.6 Å². The SMILES string of the molecule is COC1=CC=CC2OC(c3ccc(Br)s3)C3=CC(C)(CS(N)(=O)=O)C=CC3=C12. The summed E-state index contributed by atoms with van der Waals surface area (Å²) in [6.07, 6.45) is 11.2. The van der Waals surface area contributed by atoms with Crippen molar-refractivity contribution in [1.82, 2.24) is 0 Å². The van der Waals surface area contributed by atoms with Crippen molar-refractivity contribution >= 4 is 37.3 Å². The Morgan fingerprint density at radius 1 is 1.39 bits per heavy atom. The van der Waals surface area contributed by atoms with Crippen LogP contribution in [0.3, 0.4) is 0 Å². The number of halogens is 1. The second kappa shape index (κ2) is 7.11. The van der Waals surface area contributed by atoms with E-state index in [2.05, 4.69) is 15.9 Å². The van der Waals surface area contributed by atoms with E-state index in [1.807, 2.05) is 55.5 Å². The highest BCUT2D eigenvalue weighted by molar-refractivity contribution is 9.11. The van der Waals surface area contributed by atoms with Crippen LogP contribution in [0.4, 0.5) is 0 Å². The van der Waals surface area contributed by atoms with Gasteiger partial charge < -0.3 is 9.47 Å². The van der Waals surface area contributed by atoms with Gasteiger partial charge in [0.15, 0.2) is 0 Å². The van der Waals surface area contributed by atoms with Crippen LogP contribution in [-0.2, 0) is 19.5 Å². The van der Waals surface area contributed by atoms with Gasteiger partial charge in [0.05, 0.1) is 16.6 Å². The molecule has 4 rings (SSSR count). The van der Waals surface area contributed by atoms with E-state index in [1.54, 1.807) is 18.4 Å². The first-order valence-corrected chi connectivity index (χ1v) is 12.0. The number of rotatable bonds is 4. The van der Waals surface area contributed by atoms with Crippen molar-refractivity contribution in [2.45, 2.75) is 19.1 Å². The predicted molar refractivity (Wildman–Crippen MR) is 114 cm³/mol. The minimum atomic E-state index is -3.64. The number of sulfonamides is 1. The summed E-state index contributed by atoms with van der Waals surface area (Å²) in [6, 6.07) is 4.01. The van der Waals surface area contributed by atoms with Gasteiger partial charge in [-0.25, -0.2) is 13.6 Å². The highest BCUT2D eigenvalue weighted by atomic mass is 79.9. The van der Waals surface area contributed by atoms with Crippen LogP contribution in [0.25, 0.3) is 0 Å². The monoisotopic (exact) mass is 481 g/mol. The molecule has 3 atom stereocenters. The zero-order chi connectivity index (χ0) is 20.1. The molecule has 0 radical (unpaired) electrons. The molecule has 3 unspecified atom stereocenters. The molecule has 2 N–H and O–H groups in total. The first-order chi connectivity index (χ1) is 13.2. The lowest BCUT2D eigenvalue weighted by Crippen LogP contribution is -2.34. The maximum Gasteiger partial charge on any atom is 0.210 e. The fraction of sp³-hybridized carbons (Fsp3) is 0.300. The van der Waals surface area contributed by atoms with Gasteiger partial charge in [0, 0.05) is 15.9 Å². The first-order valence-electron chi connectivity index (χ1n) is 8.70. The van der Waals surface area contributed by atoms with Crippen LogP contribution in [0.15, 0.2) is 74.9 Å². The molecule has 0 spiro atoms. The average Bonchev–Trinajstić information content (AvgIpc) is 3.04. The van der Waals surface area contributed by atoms with Gasteiger partial charge in [-0.1, -0.05) is 37.3 Å². The molecular weight excluding hydrogens is 462 g/mol. The smallest absolute Gasteiger partial charge is 0.210 e. The van der Waals surface area contributed by atoms with E-state index < -0.39 is 15.4 Å². The molecule has 0 saturated heterocycles. The van der Waals surface area contributed by atoms with E-state index in [0.717, 1.165) is 31.1 Å². The maximum atomic E-state index is 11.8. The molecule has 0 saturated carbocycles. The molecule has 1 aromatic heterocycles. The number of primary sulfonamides is 1. The molecule has 2 aliphatic carbocycles. The molecule has 5 nitrogen and oxygen atoms in total. The minimum Gasteiger partial charge on any atom is -0.496 e. The summed E-state index contributed by atoms with van der Waals surface area (Å²) in [5, 5.41) is 5.34. The molecule has 2 heterocycles. The van der Waals surface area contributed by atoms with Gasteiger partial charge in [-0.2, -0.15) is 0 Å². The maximum absolute atomic E-state index is 11.8. The standard InChI is InChI=1S/C20H20BrNO4S2/c1-20(11-28(22,23)24)9-8-12-13(10-20)19(16-6-7-17(21)27-16)26-15-5-3-4-14(25-2)18(12)15/h3-10,15,19H,11H2,1-2H3,(H2,22,23,24). The van der Waals surface area contributed by atoms with E-state index in [1.165, 1.54) is 0 Å². The summed E-state index contributed by atoms with van der Waals surface area (Å²) in [5.74, 6) is 0.582. The number of fused-ring (bicyclic) bond motifs is 2. The number of ether oxygens (including phenoxy) is 2. The van der Waals surface area contributed by atoms with Gasteiger partial charge >= 0.3 is 0 Å². The third-order valence-corrected chi connectivity index (χ3v) is 7.64. The van der Waals surface area contributed by atoms with Gasteiger partial charge in [-0.05, 0) is 45.3 Å². The van der Waals surface area contributed by atoms with E-state index in [9.17, 15) is 8.42 Å². The van der Waals surface area contributed by atoms with Crippen molar-refractivity contribution < 1.29 is 17.9 Å². The van der Waals surface area contributed by atoms with E-state index in [-0.39, 0.29) is 18.0 Å². The number of hydrogen-bond donors (Lipinski definition) is 1. The molecule has 0 bridgehead atoms. The number of thiophene rings is 1. The van der Waals surface area contributed by atoms with Gasteiger partial charge in [-0.15, -0.1) is 11.3 Å². The fourth-order valence-corrected chi connectivity index (χ4v) is 6.42. The van der Waals surface area contributed by atoms with Crippen molar-refractivity contribution in [1.29, 1.82) is 0 Å². The Labute approximate surface area is 177 Å². The Hall–Kier alpha value is -1.45. The molecular formula is C20H20BrNO4S2. The number of nitrogens with two attached hydrogens (primary N) is 1. The topological polar surface area (TPSA) is 78.6 Å². The molecule has 0 fully saturated rings. The molecule has 0 aromatic carbocycles. The second-order valence-electron chi connectivity index (χ2n) is 7.27. The molecule has 28 heavy (non-hydrogen) atoms. The Bertz CT molecular complexity index is 1080. The van der Waals surface area contributed by atoms with Crippen LogP contribution in [0.5, 0.6) is 0 Å². The number of allylic oxidation sites excluding steroid dienone is 5. The van der Waals surface area contributed by atoms with Gasteiger partial charge in [-0.3, -0.25) is 0 Å². The summed E-state index contributed by atoms with van der Waals surface area (Å²) in [6.45, 7) is 1.86. The lowest BCUT2D eigenvalue weighted by atomic mass is 9.76. The third kappa shape index (κ3) is 3.71. The molecule has 8 heteroatoms. The fourth-order valence-electron chi connectivity index (χ4n) is 3.89. The normalized spacial score (nSPS) is 29.1. The predicted octanol–water partition coefficient (Wildman–Crippen LogP) is 4.14. The Morgan fingerprint density at radius 2 is 2.18 bits per heavy atom. The summed E-state index contributed by atoms with van der Waals surface area (Å²) in [7, 11) is -2.00. The largest absolute Gasteiger partial charge is 0.496 e. The highest BCUT2D eigenvalue weighted by Gasteiger charge is 2.40. The van der Waals surface area contributed by atoms with Gasteiger partial charge in [0.1, 0.15) is 18.0 Å². The van der Waals surface area contributed by atoms with Crippen molar-refractivity contribution in [3.8, 4) is 0 Å². The molecule has 148 valence electrons. The van der Waals surface area contributed by atoms with E-state index >= 15 is 0 Å². The van der Waals surface area contributed by atoms with Gasteiger partial charge in [0.2, 0.25) is 10.0 Å². The Balaban J connectivity index is 1.88. The van der Waals surface area contributed by atoms with Crippen LogP contribution in [0, 0.1) is 5.41 Å². The van der Waals surface area contributed by atoms with Crippen molar-refractivity contribution in [2.75, 3.05) is 12.9 Å². The summed E-state index contributed by atoms with van der Waals surface area (Å²) in [4.78, 5) is 1.05. The van der Waals surface area contributed by atoms with Crippen LogP contribution < -0.4 is 5.14 Å². The summed E-state index contributed by atoms with van der Waals surface area (Å²) < 4.78 is 36.6. The van der Waals surface area contributed by atoms with Crippen LogP contribution in [-0.4, -0.2) is 27.4 Å². The summed E-state index contributed by atoms with van der Waals surface area (Å²) >= 11 is 5.12. The molecule has 3 aliphatic rings. The zero-order valence-corrected chi connectivity index (χ0v) is 18.6.